The average Bonchev–Trinajstić information content (AvgIpc) is 3.23. The van der Waals surface area contributed by atoms with E-state index in [1.165, 1.54) is 5.56 Å². The summed E-state index contributed by atoms with van der Waals surface area (Å²) < 4.78 is 5.59. The van der Waals surface area contributed by atoms with Crippen molar-refractivity contribution in [2.24, 2.45) is 0 Å². The highest BCUT2D eigenvalue weighted by molar-refractivity contribution is 5.77. The maximum Gasteiger partial charge on any atom is 0.275 e. The fraction of sp³-hybridized carbons (Fsp3) is 0.261. The Hall–Kier alpha value is -2.85. The minimum Gasteiger partial charge on any atom is -0.463 e. The maximum atomic E-state index is 12.4. The molecule has 4 heteroatoms. The van der Waals surface area contributed by atoms with Crippen molar-refractivity contribution in [3.63, 3.8) is 0 Å². The molecule has 1 amide bonds. The number of furan rings is 1. The number of hydrogen-bond acceptors (Lipinski definition) is 2. The standard InChI is InChI=1S/C23H26N2O2/c1-18(14-15-19-9-4-2-5-10-19)25-22(26)17-24-23(21-13-8-16-27-21)20-11-6-3-7-12-20/h2-13,16,18,23-24H,14-15,17H2,1H3,(H,25,26)/p+1/t18-,23+/m0/s1. The van der Waals surface area contributed by atoms with Crippen molar-refractivity contribution < 1.29 is 14.5 Å². The quantitative estimate of drug-likeness (QED) is 0.614. The Morgan fingerprint density at radius 2 is 1.70 bits per heavy atom. The van der Waals surface area contributed by atoms with Crippen LogP contribution < -0.4 is 10.6 Å². The Balaban J connectivity index is 1.50. The predicted molar refractivity (Wildman–Crippen MR) is 106 cm³/mol. The highest BCUT2D eigenvalue weighted by Gasteiger charge is 2.21. The molecule has 4 nitrogen and oxygen atoms in total. The van der Waals surface area contributed by atoms with Gasteiger partial charge in [-0.2, -0.15) is 0 Å². The van der Waals surface area contributed by atoms with E-state index in [2.05, 4.69) is 36.5 Å². The highest BCUT2D eigenvalue weighted by atomic mass is 16.3. The SMILES string of the molecule is C[C@@H](CCc1ccccc1)NC(=O)C[NH2+][C@H](c1ccccc1)c1ccco1. The van der Waals surface area contributed by atoms with Crippen LogP contribution in [-0.4, -0.2) is 18.5 Å². The zero-order valence-electron chi connectivity index (χ0n) is 15.7. The first-order valence-electron chi connectivity index (χ1n) is 9.47. The van der Waals surface area contributed by atoms with Crippen LogP contribution in [0.1, 0.15) is 36.3 Å². The van der Waals surface area contributed by atoms with Gasteiger partial charge in [-0.3, -0.25) is 4.79 Å². The van der Waals surface area contributed by atoms with E-state index in [0.29, 0.717) is 6.54 Å². The van der Waals surface area contributed by atoms with Gasteiger partial charge in [0.15, 0.2) is 18.3 Å². The summed E-state index contributed by atoms with van der Waals surface area (Å²) in [7, 11) is 0. The number of nitrogens with two attached hydrogens (primary N) is 1. The van der Waals surface area contributed by atoms with Crippen LogP contribution >= 0.6 is 0 Å². The summed E-state index contributed by atoms with van der Waals surface area (Å²) >= 11 is 0. The molecule has 0 aliphatic carbocycles. The Morgan fingerprint density at radius 3 is 2.37 bits per heavy atom. The molecular weight excluding hydrogens is 336 g/mol. The van der Waals surface area contributed by atoms with Gasteiger partial charge in [0.05, 0.1) is 6.26 Å². The van der Waals surface area contributed by atoms with E-state index in [9.17, 15) is 4.79 Å². The molecule has 0 saturated carbocycles. The molecule has 3 aromatic rings. The summed E-state index contributed by atoms with van der Waals surface area (Å²) in [4.78, 5) is 12.4. The summed E-state index contributed by atoms with van der Waals surface area (Å²) in [5.74, 6) is 0.897. The third kappa shape index (κ3) is 5.83. The van der Waals surface area contributed by atoms with Crippen molar-refractivity contribution in [3.8, 4) is 0 Å². The topological polar surface area (TPSA) is 58.9 Å². The summed E-state index contributed by atoms with van der Waals surface area (Å²) in [5, 5.41) is 5.12. The van der Waals surface area contributed by atoms with Gasteiger partial charge in [-0.1, -0.05) is 60.7 Å². The van der Waals surface area contributed by atoms with Crippen LogP contribution in [0.15, 0.2) is 83.5 Å². The van der Waals surface area contributed by atoms with Crippen molar-refractivity contribution in [3.05, 3.63) is 95.9 Å². The van der Waals surface area contributed by atoms with Crippen molar-refractivity contribution in [1.29, 1.82) is 0 Å². The molecule has 0 bridgehead atoms. The van der Waals surface area contributed by atoms with Crippen LogP contribution in [0.5, 0.6) is 0 Å². The number of quaternary nitrogens is 1. The third-order valence-corrected chi connectivity index (χ3v) is 4.66. The van der Waals surface area contributed by atoms with E-state index in [1.807, 2.05) is 53.8 Å². The Morgan fingerprint density at radius 1 is 1.00 bits per heavy atom. The Kier molecular flexibility index (Phi) is 6.83. The van der Waals surface area contributed by atoms with Gasteiger partial charge in [-0.15, -0.1) is 0 Å². The van der Waals surface area contributed by atoms with Gasteiger partial charge in [0.25, 0.3) is 5.91 Å². The summed E-state index contributed by atoms with van der Waals surface area (Å²) in [6.45, 7) is 2.41. The molecule has 1 aromatic heterocycles. The number of carbonyl (C=O) groups excluding carboxylic acids is 1. The van der Waals surface area contributed by atoms with E-state index in [0.717, 1.165) is 24.2 Å². The molecule has 2 atom stereocenters. The van der Waals surface area contributed by atoms with Gasteiger partial charge in [-0.05, 0) is 37.5 Å². The number of hydrogen-bond donors (Lipinski definition) is 2. The minimum atomic E-state index is -0.0217. The molecule has 0 fully saturated rings. The van der Waals surface area contributed by atoms with Crippen LogP contribution in [-0.2, 0) is 11.2 Å². The van der Waals surface area contributed by atoms with Crippen LogP contribution in [0, 0.1) is 0 Å². The van der Waals surface area contributed by atoms with Gasteiger partial charge >= 0.3 is 0 Å². The van der Waals surface area contributed by atoms with Crippen molar-refractivity contribution in [1.82, 2.24) is 5.32 Å². The van der Waals surface area contributed by atoms with Gasteiger partial charge in [0, 0.05) is 11.6 Å². The normalized spacial score (nSPS) is 13.1. The van der Waals surface area contributed by atoms with E-state index in [1.54, 1.807) is 6.26 Å². The number of rotatable bonds is 9. The second-order valence-corrected chi connectivity index (χ2v) is 6.84. The third-order valence-electron chi connectivity index (χ3n) is 4.66. The second kappa shape index (κ2) is 9.74. The number of amides is 1. The predicted octanol–water partition coefficient (Wildman–Crippen LogP) is 3.07. The van der Waals surface area contributed by atoms with Gasteiger partial charge in [0.1, 0.15) is 0 Å². The molecule has 3 rings (SSSR count). The minimum absolute atomic E-state index is 0.0217. The van der Waals surface area contributed by atoms with E-state index in [4.69, 9.17) is 4.42 Å². The molecule has 0 spiro atoms. The Labute approximate surface area is 160 Å². The maximum absolute atomic E-state index is 12.4. The summed E-state index contributed by atoms with van der Waals surface area (Å²) in [6, 6.07) is 24.4. The smallest absolute Gasteiger partial charge is 0.275 e. The zero-order valence-corrected chi connectivity index (χ0v) is 15.7. The lowest BCUT2D eigenvalue weighted by Crippen LogP contribution is -2.87. The Bertz CT molecular complexity index is 801. The molecule has 0 radical (unpaired) electrons. The largest absolute Gasteiger partial charge is 0.463 e. The van der Waals surface area contributed by atoms with Crippen molar-refractivity contribution in [2.75, 3.05) is 6.54 Å². The fourth-order valence-electron chi connectivity index (χ4n) is 3.20. The molecule has 2 aromatic carbocycles. The second-order valence-electron chi connectivity index (χ2n) is 6.84. The average molecular weight is 363 g/mol. The van der Waals surface area contributed by atoms with E-state index >= 15 is 0 Å². The first-order valence-corrected chi connectivity index (χ1v) is 9.47. The summed E-state index contributed by atoms with van der Waals surface area (Å²) in [5.41, 5.74) is 2.42. The number of aryl methyl sites for hydroxylation is 1. The van der Waals surface area contributed by atoms with Crippen LogP contribution in [0.25, 0.3) is 0 Å². The highest BCUT2D eigenvalue weighted by Crippen LogP contribution is 2.18. The molecule has 0 aliphatic heterocycles. The molecule has 3 N–H and O–H groups in total. The monoisotopic (exact) mass is 363 g/mol. The summed E-state index contributed by atoms with van der Waals surface area (Å²) in [6.07, 6.45) is 3.56. The molecular formula is C23H27N2O2+. The molecule has 1 heterocycles. The first kappa shape index (κ1) is 18.9. The molecule has 0 aliphatic rings. The van der Waals surface area contributed by atoms with E-state index in [-0.39, 0.29) is 18.0 Å². The van der Waals surface area contributed by atoms with Crippen molar-refractivity contribution >= 4 is 5.91 Å². The first-order chi connectivity index (χ1) is 13.2. The number of nitrogens with one attached hydrogen (secondary N) is 1. The molecule has 140 valence electrons. The van der Waals surface area contributed by atoms with Gasteiger partial charge < -0.3 is 15.1 Å². The lowest BCUT2D eigenvalue weighted by atomic mass is 10.0. The van der Waals surface area contributed by atoms with Gasteiger partial charge in [0.2, 0.25) is 0 Å². The van der Waals surface area contributed by atoms with Crippen LogP contribution in [0.4, 0.5) is 0 Å². The van der Waals surface area contributed by atoms with Crippen molar-refractivity contribution in [2.45, 2.75) is 31.8 Å². The van der Waals surface area contributed by atoms with Crippen LogP contribution in [0.3, 0.4) is 0 Å². The van der Waals surface area contributed by atoms with E-state index < -0.39 is 0 Å². The lowest BCUT2D eigenvalue weighted by Gasteiger charge is -2.16. The fourth-order valence-corrected chi connectivity index (χ4v) is 3.20. The number of carbonyl (C=O) groups is 1. The van der Waals surface area contributed by atoms with Crippen LogP contribution in [0.2, 0.25) is 0 Å². The molecule has 27 heavy (non-hydrogen) atoms. The molecule has 0 unspecified atom stereocenters. The molecule has 0 saturated heterocycles. The zero-order chi connectivity index (χ0) is 18.9. The lowest BCUT2D eigenvalue weighted by molar-refractivity contribution is -0.678. The van der Waals surface area contributed by atoms with Gasteiger partial charge in [-0.25, -0.2) is 0 Å². The number of benzene rings is 2.